The average molecular weight is 852 g/mol. The number of β-amino-alcohol motifs (C(OH)–C–C–N with tert-alkyl or cyclic N) is 1. The van der Waals surface area contributed by atoms with Crippen LogP contribution in [0.25, 0.3) is 22.5 Å². The van der Waals surface area contributed by atoms with Crippen LogP contribution >= 0.6 is 0 Å². The van der Waals surface area contributed by atoms with Crippen LogP contribution in [0.5, 0.6) is 0 Å². The molecule has 3 aliphatic heterocycles. The van der Waals surface area contributed by atoms with E-state index in [-0.39, 0.29) is 36.5 Å². The maximum Gasteiger partial charge on any atom is 0.407 e. The van der Waals surface area contributed by atoms with Gasteiger partial charge in [-0.1, -0.05) is 73.4 Å². The number of amides is 5. The van der Waals surface area contributed by atoms with Crippen LogP contribution in [0, 0.1) is 11.8 Å². The number of hydrogen-bond acceptors (Lipinski definition) is 8. The SMILES string of the molecule is CCC(NC(=O)OC)C(=O)N1CCCC1c1ncc(-c2ccc(C#Cc3ccc(-c4cnc(C5CCCN5C(=O)C(NC(=O)N5CCCC(O)C5)c5ccccc5)[nH]4)cc3)cc2)[nH]1. The molecule has 0 saturated carbocycles. The van der Waals surface area contributed by atoms with Crippen molar-refractivity contribution in [2.75, 3.05) is 33.3 Å². The smallest absolute Gasteiger partial charge is 0.407 e. The highest BCUT2D eigenvalue weighted by atomic mass is 16.5. The summed E-state index contributed by atoms with van der Waals surface area (Å²) in [6.45, 7) is 3.77. The zero-order valence-corrected chi connectivity index (χ0v) is 35.5. The first kappa shape index (κ1) is 42.8. The van der Waals surface area contributed by atoms with Crippen molar-refractivity contribution >= 4 is 23.9 Å². The molecule has 15 nitrogen and oxygen atoms in total. The number of carbonyl (C=O) groups is 4. The Kier molecular flexibility index (Phi) is 13.2. The number of aliphatic hydroxyl groups is 1. The third-order valence-electron chi connectivity index (χ3n) is 12.2. The first-order valence-electron chi connectivity index (χ1n) is 21.8. The van der Waals surface area contributed by atoms with Gasteiger partial charge in [0.25, 0.3) is 0 Å². The predicted molar refractivity (Wildman–Crippen MR) is 236 cm³/mol. The van der Waals surface area contributed by atoms with Gasteiger partial charge >= 0.3 is 12.1 Å². The number of nitrogens with zero attached hydrogens (tertiary/aromatic N) is 5. The van der Waals surface area contributed by atoms with Gasteiger partial charge in [-0.15, -0.1) is 0 Å². The van der Waals surface area contributed by atoms with Crippen molar-refractivity contribution in [2.45, 2.75) is 82.1 Å². The Morgan fingerprint density at radius 3 is 1.81 bits per heavy atom. The number of likely N-dealkylation sites (tertiary alicyclic amines) is 3. The maximum absolute atomic E-state index is 14.3. The molecule has 0 spiro atoms. The number of rotatable bonds is 10. The van der Waals surface area contributed by atoms with Gasteiger partial charge in [0.15, 0.2) is 0 Å². The molecule has 3 aromatic carbocycles. The van der Waals surface area contributed by atoms with Crippen molar-refractivity contribution in [2.24, 2.45) is 0 Å². The molecular formula is C48H53N9O6. The second kappa shape index (κ2) is 19.4. The quantitative estimate of drug-likeness (QED) is 0.102. The van der Waals surface area contributed by atoms with Crippen LogP contribution in [0.15, 0.2) is 91.3 Å². The van der Waals surface area contributed by atoms with Crippen LogP contribution in [0.3, 0.4) is 0 Å². The summed E-state index contributed by atoms with van der Waals surface area (Å²) in [4.78, 5) is 74.2. The second-order valence-electron chi connectivity index (χ2n) is 16.3. The van der Waals surface area contributed by atoms with E-state index in [0.29, 0.717) is 56.1 Å². The van der Waals surface area contributed by atoms with E-state index in [1.54, 1.807) is 22.2 Å². The minimum absolute atomic E-state index is 0.147. The van der Waals surface area contributed by atoms with Crippen molar-refractivity contribution in [1.82, 2.24) is 45.3 Å². The highest BCUT2D eigenvalue weighted by molar-refractivity contribution is 5.89. The first-order chi connectivity index (χ1) is 30.7. The van der Waals surface area contributed by atoms with Gasteiger partial charge in [-0.2, -0.15) is 0 Å². The molecule has 3 saturated heterocycles. The Hall–Kier alpha value is -6.92. The number of nitrogens with one attached hydrogen (secondary N) is 4. The van der Waals surface area contributed by atoms with Crippen molar-refractivity contribution in [3.05, 3.63) is 120 Å². The number of benzene rings is 3. The fraction of sp³-hybridized carbons (Fsp3) is 0.375. The lowest BCUT2D eigenvalue weighted by atomic mass is 10.0. The van der Waals surface area contributed by atoms with E-state index in [1.807, 2.05) is 90.7 Å². The van der Waals surface area contributed by atoms with Gasteiger partial charge in [-0.3, -0.25) is 9.59 Å². The van der Waals surface area contributed by atoms with Crippen molar-refractivity contribution < 1.29 is 29.0 Å². The summed E-state index contributed by atoms with van der Waals surface area (Å²) in [5, 5.41) is 15.8. The van der Waals surface area contributed by atoms with Gasteiger partial charge in [0.05, 0.1) is 49.1 Å². The molecule has 5 amide bonds. The van der Waals surface area contributed by atoms with E-state index >= 15 is 0 Å². The Labute approximate surface area is 366 Å². The number of aliphatic hydroxyl groups excluding tert-OH is 1. The monoisotopic (exact) mass is 851 g/mol. The topological polar surface area (TPSA) is 189 Å². The van der Waals surface area contributed by atoms with Crippen molar-refractivity contribution in [3.63, 3.8) is 0 Å². The van der Waals surface area contributed by atoms with Crippen LogP contribution in [-0.4, -0.2) is 109 Å². The first-order valence-corrected chi connectivity index (χ1v) is 21.8. The summed E-state index contributed by atoms with van der Waals surface area (Å²) in [7, 11) is 1.28. The summed E-state index contributed by atoms with van der Waals surface area (Å²) in [6.07, 6.45) is 7.37. The highest BCUT2D eigenvalue weighted by Crippen LogP contribution is 2.35. The number of carbonyl (C=O) groups excluding carboxylic acids is 4. The van der Waals surface area contributed by atoms with E-state index in [1.165, 1.54) is 7.11 Å². The molecule has 63 heavy (non-hydrogen) atoms. The van der Waals surface area contributed by atoms with Gasteiger partial charge in [-0.05, 0) is 85.9 Å². The van der Waals surface area contributed by atoms with E-state index in [4.69, 9.17) is 9.72 Å². The van der Waals surface area contributed by atoms with Gasteiger partial charge in [0, 0.05) is 37.3 Å². The largest absolute Gasteiger partial charge is 0.453 e. The molecule has 5 N–H and O–H groups in total. The molecular weight excluding hydrogens is 799 g/mol. The number of hydrogen-bond donors (Lipinski definition) is 5. The minimum Gasteiger partial charge on any atom is -0.453 e. The van der Waals surface area contributed by atoms with Crippen LogP contribution < -0.4 is 10.6 Å². The average Bonchev–Trinajstić information content (AvgIpc) is 4.17. The molecule has 5 atom stereocenters. The summed E-state index contributed by atoms with van der Waals surface area (Å²) in [5.41, 5.74) is 5.94. The molecule has 3 aliphatic rings. The molecule has 15 heteroatoms. The molecule has 5 aromatic rings. The fourth-order valence-corrected chi connectivity index (χ4v) is 8.74. The molecule has 0 aliphatic carbocycles. The fourth-order valence-electron chi connectivity index (χ4n) is 8.74. The molecule has 3 fully saturated rings. The highest BCUT2D eigenvalue weighted by Gasteiger charge is 2.38. The number of alkyl carbamates (subject to hydrolysis) is 1. The molecule has 5 unspecified atom stereocenters. The zero-order valence-electron chi connectivity index (χ0n) is 35.5. The van der Waals surface area contributed by atoms with Crippen LogP contribution in [-0.2, 0) is 14.3 Å². The Morgan fingerprint density at radius 2 is 1.29 bits per heavy atom. The van der Waals surface area contributed by atoms with Crippen LogP contribution in [0.2, 0.25) is 0 Å². The van der Waals surface area contributed by atoms with E-state index in [0.717, 1.165) is 59.3 Å². The number of aromatic amines is 2. The molecule has 326 valence electrons. The Bertz CT molecular complexity index is 2460. The van der Waals surface area contributed by atoms with Crippen LogP contribution in [0.4, 0.5) is 9.59 Å². The van der Waals surface area contributed by atoms with Gasteiger partial charge in [0.2, 0.25) is 11.8 Å². The number of H-pyrrole nitrogens is 2. The molecule has 8 rings (SSSR count). The lowest BCUT2D eigenvalue weighted by Gasteiger charge is -2.33. The van der Waals surface area contributed by atoms with E-state index in [9.17, 15) is 24.3 Å². The normalized spacial score (nSPS) is 19.5. The standard InChI is InChI=1S/C48H53N9O6/c1-3-37(53-48(62)63-2)45(59)56-26-8-13-40(56)43-49-28-38(51-43)33-21-17-31(18-22-33)15-16-32-19-23-34(24-20-32)39-29-50-44(52-39)41-14-9-27-57(41)46(60)42(35-10-5-4-6-11-35)54-47(61)55-25-7-12-36(58)30-55/h4-6,10-11,17-24,28-29,36-37,40-42,58H,3,7-9,12-14,25-27,30H2,1-2H3,(H,49,51)(H,50,52)(H,53,62)(H,54,61). The van der Waals surface area contributed by atoms with E-state index < -0.39 is 24.3 Å². The summed E-state index contributed by atoms with van der Waals surface area (Å²) in [6, 6.07) is 22.7. The second-order valence-corrected chi connectivity index (χ2v) is 16.3. The number of methoxy groups -OCH3 is 1. The molecule has 2 aromatic heterocycles. The van der Waals surface area contributed by atoms with Crippen molar-refractivity contribution in [3.8, 4) is 34.4 Å². The summed E-state index contributed by atoms with van der Waals surface area (Å²) >= 11 is 0. The zero-order chi connectivity index (χ0) is 43.9. The van der Waals surface area contributed by atoms with Gasteiger partial charge < -0.3 is 45.1 Å². The Balaban J connectivity index is 0.893. The maximum atomic E-state index is 14.3. The number of piperidine rings is 1. The number of ether oxygens (including phenoxy) is 1. The molecule has 0 radical (unpaired) electrons. The number of imidazole rings is 2. The van der Waals surface area contributed by atoms with E-state index in [2.05, 4.69) is 37.4 Å². The van der Waals surface area contributed by atoms with Gasteiger partial charge in [0.1, 0.15) is 23.7 Å². The number of aromatic nitrogens is 4. The van der Waals surface area contributed by atoms with Crippen molar-refractivity contribution in [1.29, 1.82) is 0 Å². The summed E-state index contributed by atoms with van der Waals surface area (Å²) < 4.78 is 4.71. The minimum atomic E-state index is -0.878. The lowest BCUT2D eigenvalue weighted by Crippen LogP contribution is -2.51. The predicted octanol–water partition coefficient (Wildman–Crippen LogP) is 6.24. The third kappa shape index (κ3) is 9.76. The summed E-state index contributed by atoms with van der Waals surface area (Å²) in [5.74, 6) is 7.57. The number of urea groups is 1. The van der Waals surface area contributed by atoms with Gasteiger partial charge in [-0.25, -0.2) is 19.6 Å². The third-order valence-corrected chi connectivity index (χ3v) is 12.2. The van der Waals surface area contributed by atoms with Crippen LogP contribution in [0.1, 0.15) is 98.3 Å². The lowest BCUT2D eigenvalue weighted by molar-refractivity contribution is -0.135. The molecule has 0 bridgehead atoms. The molecule has 5 heterocycles. The Morgan fingerprint density at radius 1 is 0.746 bits per heavy atom.